The molecule has 0 amide bonds. The fourth-order valence-corrected chi connectivity index (χ4v) is 1.93. The van der Waals surface area contributed by atoms with Crippen molar-refractivity contribution in [3.8, 4) is 0 Å². The molecule has 1 N–H and O–H groups in total. The van der Waals surface area contributed by atoms with Gasteiger partial charge in [-0.1, -0.05) is 13.8 Å². The second-order valence-corrected chi connectivity index (χ2v) is 4.94. The minimum atomic E-state index is -0.514. The Morgan fingerprint density at radius 1 is 1.19 bits per heavy atom. The monoisotopic (exact) mass is 227 g/mol. The normalized spacial score (nSPS) is 13.9. The van der Waals surface area contributed by atoms with Gasteiger partial charge in [0.1, 0.15) is 11.6 Å². The van der Waals surface area contributed by atoms with Crippen molar-refractivity contribution in [1.82, 2.24) is 5.32 Å². The summed E-state index contributed by atoms with van der Waals surface area (Å²) in [5.41, 5.74) is 0.456. The van der Waals surface area contributed by atoms with Gasteiger partial charge in [0.2, 0.25) is 0 Å². The van der Waals surface area contributed by atoms with Gasteiger partial charge >= 0.3 is 0 Å². The summed E-state index contributed by atoms with van der Waals surface area (Å²) in [4.78, 5) is 0. The zero-order valence-electron chi connectivity index (χ0n) is 10.3. The van der Waals surface area contributed by atoms with E-state index in [0.717, 1.165) is 12.5 Å². The molecule has 0 aromatic heterocycles. The predicted octanol–water partition coefficient (Wildman–Crippen LogP) is 3.24. The first-order chi connectivity index (χ1) is 7.35. The first-order valence-corrected chi connectivity index (χ1v) is 5.49. The first kappa shape index (κ1) is 13.1. The van der Waals surface area contributed by atoms with Crippen molar-refractivity contribution in [3.05, 3.63) is 35.4 Å². The van der Waals surface area contributed by atoms with Crippen LogP contribution in [0.4, 0.5) is 8.78 Å². The van der Waals surface area contributed by atoms with Crippen molar-refractivity contribution < 1.29 is 8.78 Å². The highest BCUT2D eigenvalue weighted by atomic mass is 19.1. The third-order valence-electron chi connectivity index (χ3n) is 2.95. The van der Waals surface area contributed by atoms with Crippen LogP contribution < -0.4 is 5.32 Å². The summed E-state index contributed by atoms with van der Waals surface area (Å²) in [6, 6.07) is 4.03. The van der Waals surface area contributed by atoms with Crippen molar-refractivity contribution in [2.45, 2.75) is 38.6 Å². The van der Waals surface area contributed by atoms with E-state index < -0.39 is 11.6 Å². The lowest BCUT2D eigenvalue weighted by Crippen LogP contribution is -2.31. The summed E-state index contributed by atoms with van der Waals surface area (Å²) >= 11 is 0. The predicted molar refractivity (Wildman–Crippen MR) is 62.5 cm³/mol. The SMILES string of the molecule is CNC(C)CC(C)(C)c1cc(F)cc(F)c1. The topological polar surface area (TPSA) is 12.0 Å². The van der Waals surface area contributed by atoms with E-state index in [9.17, 15) is 8.78 Å². The molecule has 1 unspecified atom stereocenters. The zero-order chi connectivity index (χ0) is 12.3. The number of rotatable bonds is 4. The largest absolute Gasteiger partial charge is 0.317 e. The molecule has 1 rings (SSSR count). The van der Waals surface area contributed by atoms with E-state index in [1.54, 1.807) is 0 Å². The number of benzene rings is 1. The summed E-state index contributed by atoms with van der Waals surface area (Å²) in [5, 5.41) is 3.13. The Kier molecular flexibility index (Phi) is 4.03. The third-order valence-corrected chi connectivity index (χ3v) is 2.95. The van der Waals surface area contributed by atoms with Crippen molar-refractivity contribution >= 4 is 0 Å². The second-order valence-electron chi connectivity index (χ2n) is 4.94. The van der Waals surface area contributed by atoms with Crippen molar-refractivity contribution in [1.29, 1.82) is 0 Å². The third kappa shape index (κ3) is 3.27. The van der Waals surface area contributed by atoms with Crippen LogP contribution in [0.5, 0.6) is 0 Å². The molecule has 16 heavy (non-hydrogen) atoms. The van der Waals surface area contributed by atoms with Gasteiger partial charge in [0.05, 0.1) is 0 Å². The van der Waals surface area contributed by atoms with Crippen molar-refractivity contribution in [2.75, 3.05) is 7.05 Å². The Labute approximate surface area is 95.9 Å². The maximum absolute atomic E-state index is 13.1. The first-order valence-electron chi connectivity index (χ1n) is 5.49. The van der Waals surface area contributed by atoms with Crippen LogP contribution in [0.1, 0.15) is 32.8 Å². The fourth-order valence-electron chi connectivity index (χ4n) is 1.93. The molecular formula is C13H19F2N. The lowest BCUT2D eigenvalue weighted by molar-refractivity contribution is 0.401. The quantitative estimate of drug-likeness (QED) is 0.832. The summed E-state index contributed by atoms with van der Waals surface area (Å²) < 4.78 is 26.2. The Morgan fingerprint density at radius 3 is 2.12 bits per heavy atom. The molecular weight excluding hydrogens is 208 g/mol. The van der Waals surface area contributed by atoms with Gasteiger partial charge in [-0.3, -0.25) is 0 Å². The average molecular weight is 227 g/mol. The van der Waals surface area contributed by atoms with Gasteiger partial charge in [0.25, 0.3) is 0 Å². The molecule has 90 valence electrons. The van der Waals surface area contributed by atoms with Gasteiger partial charge in [-0.15, -0.1) is 0 Å². The van der Waals surface area contributed by atoms with E-state index in [2.05, 4.69) is 12.2 Å². The second kappa shape index (κ2) is 4.91. The van der Waals surface area contributed by atoms with Crippen molar-refractivity contribution in [2.24, 2.45) is 0 Å². The molecule has 1 atom stereocenters. The molecule has 0 aliphatic carbocycles. The van der Waals surface area contributed by atoms with Gasteiger partial charge in [0, 0.05) is 12.1 Å². The Bertz CT molecular complexity index is 341. The molecule has 0 bridgehead atoms. The molecule has 0 heterocycles. The average Bonchev–Trinajstić information content (AvgIpc) is 2.15. The van der Waals surface area contributed by atoms with E-state index in [1.165, 1.54) is 12.1 Å². The van der Waals surface area contributed by atoms with Gasteiger partial charge in [-0.2, -0.15) is 0 Å². The van der Waals surface area contributed by atoms with E-state index in [0.29, 0.717) is 11.6 Å². The minimum absolute atomic E-state index is 0.245. The standard InChI is InChI=1S/C13H19F2N/c1-9(16-4)8-13(2,3)10-5-11(14)7-12(15)6-10/h5-7,9,16H,8H2,1-4H3. The highest BCUT2D eigenvalue weighted by Gasteiger charge is 2.24. The molecule has 0 aliphatic rings. The van der Waals surface area contributed by atoms with Gasteiger partial charge < -0.3 is 5.32 Å². The molecule has 0 saturated heterocycles. The van der Waals surface area contributed by atoms with E-state index in [1.807, 2.05) is 20.9 Å². The van der Waals surface area contributed by atoms with E-state index >= 15 is 0 Å². The molecule has 1 aromatic carbocycles. The lowest BCUT2D eigenvalue weighted by atomic mass is 9.79. The zero-order valence-corrected chi connectivity index (χ0v) is 10.3. The maximum atomic E-state index is 13.1. The molecule has 3 heteroatoms. The van der Waals surface area contributed by atoms with Crippen LogP contribution >= 0.6 is 0 Å². The van der Waals surface area contributed by atoms with Crippen LogP contribution in [0.3, 0.4) is 0 Å². The minimum Gasteiger partial charge on any atom is -0.317 e. The molecule has 1 nitrogen and oxygen atoms in total. The molecule has 0 fully saturated rings. The van der Waals surface area contributed by atoms with Gasteiger partial charge in [-0.05, 0) is 43.5 Å². The maximum Gasteiger partial charge on any atom is 0.126 e. The van der Waals surface area contributed by atoms with Crippen LogP contribution in [-0.2, 0) is 5.41 Å². The number of hydrogen-bond donors (Lipinski definition) is 1. The van der Waals surface area contributed by atoms with Gasteiger partial charge in [-0.25, -0.2) is 8.78 Å². The molecule has 0 saturated carbocycles. The van der Waals surface area contributed by atoms with Crippen molar-refractivity contribution in [3.63, 3.8) is 0 Å². The summed E-state index contributed by atoms with van der Waals surface area (Å²) in [6.07, 6.45) is 0.826. The number of halogens is 2. The number of hydrogen-bond acceptors (Lipinski definition) is 1. The Morgan fingerprint density at radius 2 is 1.69 bits per heavy atom. The number of nitrogens with one attached hydrogen (secondary N) is 1. The molecule has 0 spiro atoms. The van der Waals surface area contributed by atoms with E-state index in [-0.39, 0.29) is 5.41 Å². The van der Waals surface area contributed by atoms with Crippen LogP contribution in [0.2, 0.25) is 0 Å². The molecule has 0 radical (unpaired) electrons. The summed E-state index contributed by atoms with van der Waals surface area (Å²) in [5.74, 6) is -1.03. The molecule has 1 aromatic rings. The summed E-state index contributed by atoms with van der Waals surface area (Å²) in [7, 11) is 1.88. The Hall–Kier alpha value is -0.960. The highest BCUT2D eigenvalue weighted by molar-refractivity contribution is 5.25. The van der Waals surface area contributed by atoms with Gasteiger partial charge in [0.15, 0.2) is 0 Å². The fraction of sp³-hybridized carbons (Fsp3) is 0.538. The van der Waals surface area contributed by atoms with Crippen LogP contribution in [-0.4, -0.2) is 13.1 Å². The smallest absolute Gasteiger partial charge is 0.126 e. The highest BCUT2D eigenvalue weighted by Crippen LogP contribution is 2.29. The van der Waals surface area contributed by atoms with Crippen LogP contribution in [0.15, 0.2) is 18.2 Å². The van der Waals surface area contributed by atoms with E-state index in [4.69, 9.17) is 0 Å². The van der Waals surface area contributed by atoms with Crippen LogP contribution in [0, 0.1) is 11.6 Å². The van der Waals surface area contributed by atoms with Crippen LogP contribution in [0.25, 0.3) is 0 Å². The Balaban J connectivity index is 2.96. The summed E-state index contributed by atoms with van der Waals surface area (Å²) in [6.45, 7) is 6.04. The lowest BCUT2D eigenvalue weighted by Gasteiger charge is -2.28. The molecule has 0 aliphatic heterocycles.